The van der Waals surface area contributed by atoms with E-state index in [1.165, 1.54) is 0 Å². The summed E-state index contributed by atoms with van der Waals surface area (Å²) in [5, 5.41) is 3.10. The van der Waals surface area contributed by atoms with E-state index in [9.17, 15) is 8.42 Å². The van der Waals surface area contributed by atoms with Crippen molar-refractivity contribution in [3.05, 3.63) is 0 Å². The van der Waals surface area contributed by atoms with E-state index in [4.69, 9.17) is 16.3 Å². The van der Waals surface area contributed by atoms with Crippen molar-refractivity contribution >= 4 is 21.4 Å². The van der Waals surface area contributed by atoms with E-state index in [1.54, 1.807) is 20.8 Å². The fourth-order valence-electron chi connectivity index (χ4n) is 1.09. The van der Waals surface area contributed by atoms with Crippen LogP contribution in [0.3, 0.4) is 0 Å². The van der Waals surface area contributed by atoms with E-state index in [-0.39, 0.29) is 5.75 Å². The Bertz CT molecular complexity index is 286. The first-order valence-corrected chi connectivity index (χ1v) is 8.06. The van der Waals surface area contributed by atoms with E-state index in [2.05, 4.69) is 5.32 Å². The van der Waals surface area contributed by atoms with Crippen LogP contribution in [0.4, 0.5) is 0 Å². The predicted octanol–water partition coefficient (Wildman–Crippen LogP) is 1.43. The quantitative estimate of drug-likeness (QED) is 0.514. The van der Waals surface area contributed by atoms with Gasteiger partial charge in [0.2, 0.25) is 0 Å². The second-order valence-electron chi connectivity index (χ2n) is 4.84. The lowest BCUT2D eigenvalue weighted by molar-refractivity contribution is 0.146. The zero-order chi connectivity index (χ0) is 13.4. The lowest BCUT2D eigenvalue weighted by atomic mass is 10.3. The molecule has 0 spiro atoms. The third kappa shape index (κ3) is 7.97. The summed E-state index contributed by atoms with van der Waals surface area (Å²) in [5.41, 5.74) is 0. The van der Waals surface area contributed by atoms with Crippen LogP contribution in [0.5, 0.6) is 0 Å². The predicted molar refractivity (Wildman–Crippen MR) is 72.6 cm³/mol. The van der Waals surface area contributed by atoms with Crippen LogP contribution in [0.25, 0.3) is 0 Å². The molecule has 0 saturated carbocycles. The summed E-state index contributed by atoms with van der Waals surface area (Å²) < 4.78 is 28.0. The molecule has 0 fully saturated rings. The summed E-state index contributed by atoms with van der Waals surface area (Å²) >= 11 is 5.45. The molecule has 0 aromatic rings. The molecule has 0 bridgehead atoms. The van der Waals surface area contributed by atoms with Crippen LogP contribution in [0.15, 0.2) is 0 Å². The van der Waals surface area contributed by atoms with Gasteiger partial charge in [0.1, 0.15) is 0 Å². The molecule has 0 aliphatic rings. The number of sulfone groups is 1. The topological polar surface area (TPSA) is 55.4 Å². The molecule has 0 heterocycles. The van der Waals surface area contributed by atoms with E-state index in [0.29, 0.717) is 25.6 Å². The molecular weight excluding hydrogens is 262 g/mol. The van der Waals surface area contributed by atoms with Gasteiger partial charge in [-0.1, -0.05) is 0 Å². The van der Waals surface area contributed by atoms with Crippen molar-refractivity contribution in [2.45, 2.75) is 31.9 Å². The van der Waals surface area contributed by atoms with Crippen molar-refractivity contribution in [2.75, 3.05) is 37.9 Å². The van der Waals surface area contributed by atoms with Crippen molar-refractivity contribution in [3.63, 3.8) is 0 Å². The lowest BCUT2D eigenvalue weighted by Crippen LogP contribution is -2.35. The highest BCUT2D eigenvalue weighted by atomic mass is 35.5. The first-order chi connectivity index (χ1) is 7.81. The molecule has 4 nitrogen and oxygen atoms in total. The maximum absolute atomic E-state index is 11.7. The van der Waals surface area contributed by atoms with Crippen molar-refractivity contribution < 1.29 is 13.2 Å². The van der Waals surface area contributed by atoms with Crippen LogP contribution in [-0.4, -0.2) is 51.1 Å². The fourth-order valence-corrected chi connectivity index (χ4v) is 2.23. The highest BCUT2D eigenvalue weighted by molar-refractivity contribution is 7.92. The molecule has 104 valence electrons. The number of alkyl halides is 1. The number of nitrogens with one attached hydrogen (secondary N) is 1. The maximum Gasteiger partial charge on any atom is 0.156 e. The first kappa shape index (κ1) is 17.2. The molecule has 0 aliphatic heterocycles. The van der Waals surface area contributed by atoms with E-state index in [0.717, 1.165) is 13.0 Å². The minimum atomic E-state index is -3.01. The van der Waals surface area contributed by atoms with E-state index >= 15 is 0 Å². The highest BCUT2D eigenvalue weighted by Gasteiger charge is 2.27. The lowest BCUT2D eigenvalue weighted by Gasteiger charge is -2.19. The Hall–Kier alpha value is 0.160. The van der Waals surface area contributed by atoms with Gasteiger partial charge in [0.25, 0.3) is 0 Å². The van der Waals surface area contributed by atoms with Gasteiger partial charge in [0.15, 0.2) is 9.84 Å². The summed E-state index contributed by atoms with van der Waals surface area (Å²) in [5.74, 6) is 0.691. The third-order valence-corrected chi connectivity index (χ3v) is 5.11. The average molecular weight is 286 g/mol. The fraction of sp³-hybridized carbons (Fsp3) is 1.00. The van der Waals surface area contributed by atoms with E-state index in [1.807, 2.05) is 0 Å². The number of hydrogen-bond acceptors (Lipinski definition) is 4. The Morgan fingerprint density at radius 3 is 2.35 bits per heavy atom. The van der Waals surface area contributed by atoms with E-state index < -0.39 is 14.6 Å². The zero-order valence-electron chi connectivity index (χ0n) is 11.0. The second kappa shape index (κ2) is 8.29. The molecule has 1 N–H and O–H groups in total. The van der Waals surface area contributed by atoms with Gasteiger partial charge in [-0.15, -0.1) is 11.6 Å². The number of ether oxygens (including phenoxy) is 1. The van der Waals surface area contributed by atoms with Crippen LogP contribution < -0.4 is 5.32 Å². The van der Waals surface area contributed by atoms with Crippen LogP contribution in [0.1, 0.15) is 27.2 Å². The Morgan fingerprint density at radius 2 is 1.82 bits per heavy atom. The Labute approximate surface area is 110 Å². The van der Waals surface area contributed by atoms with Crippen LogP contribution in [-0.2, 0) is 14.6 Å². The molecule has 17 heavy (non-hydrogen) atoms. The molecule has 0 unspecified atom stereocenters. The van der Waals surface area contributed by atoms with Gasteiger partial charge in [-0.2, -0.15) is 0 Å². The van der Waals surface area contributed by atoms with Crippen molar-refractivity contribution in [1.82, 2.24) is 5.32 Å². The SMILES string of the molecule is CC(C)(C)S(=O)(=O)CCNCCCOCCCl. The summed E-state index contributed by atoms with van der Waals surface area (Å²) in [6, 6.07) is 0. The molecule has 0 aromatic heterocycles. The number of hydrogen-bond donors (Lipinski definition) is 1. The Morgan fingerprint density at radius 1 is 1.18 bits per heavy atom. The molecule has 0 amide bonds. The Balaban J connectivity index is 3.53. The largest absolute Gasteiger partial charge is 0.380 e. The molecule has 0 radical (unpaired) electrons. The summed E-state index contributed by atoms with van der Waals surface area (Å²) in [6.45, 7) is 7.66. The zero-order valence-corrected chi connectivity index (χ0v) is 12.5. The summed E-state index contributed by atoms with van der Waals surface area (Å²) in [7, 11) is -3.01. The molecule has 0 atom stereocenters. The standard InChI is InChI=1S/C11H24ClNO3S/c1-11(2,3)17(14,15)10-7-13-6-4-8-16-9-5-12/h13H,4-10H2,1-3H3. The summed E-state index contributed by atoms with van der Waals surface area (Å²) in [6.07, 6.45) is 0.868. The Kier molecular flexibility index (Phi) is 8.37. The van der Waals surface area contributed by atoms with Gasteiger partial charge >= 0.3 is 0 Å². The molecule has 0 saturated heterocycles. The maximum atomic E-state index is 11.7. The van der Waals surface area contributed by atoms with Gasteiger partial charge in [0, 0.05) is 19.0 Å². The van der Waals surface area contributed by atoms with Crippen molar-refractivity contribution in [3.8, 4) is 0 Å². The molecular formula is C11H24ClNO3S. The summed E-state index contributed by atoms with van der Waals surface area (Å²) in [4.78, 5) is 0. The van der Waals surface area contributed by atoms with Gasteiger partial charge in [-0.3, -0.25) is 0 Å². The van der Waals surface area contributed by atoms with Gasteiger partial charge in [-0.05, 0) is 33.7 Å². The molecule has 0 aliphatic carbocycles. The monoisotopic (exact) mass is 285 g/mol. The van der Waals surface area contributed by atoms with Crippen molar-refractivity contribution in [1.29, 1.82) is 0 Å². The normalized spacial score (nSPS) is 12.9. The third-order valence-electron chi connectivity index (χ3n) is 2.34. The minimum Gasteiger partial charge on any atom is -0.380 e. The average Bonchev–Trinajstić information content (AvgIpc) is 2.20. The number of rotatable bonds is 9. The molecule has 6 heteroatoms. The van der Waals surface area contributed by atoms with Crippen LogP contribution in [0, 0.1) is 0 Å². The first-order valence-electron chi connectivity index (χ1n) is 5.88. The van der Waals surface area contributed by atoms with Gasteiger partial charge in [0.05, 0.1) is 17.1 Å². The number of halogens is 1. The van der Waals surface area contributed by atoms with Gasteiger partial charge < -0.3 is 10.1 Å². The van der Waals surface area contributed by atoms with Crippen molar-refractivity contribution in [2.24, 2.45) is 0 Å². The molecule has 0 aromatic carbocycles. The molecule has 0 rings (SSSR count). The second-order valence-corrected chi connectivity index (χ2v) is 8.08. The van der Waals surface area contributed by atoms with Crippen LogP contribution >= 0.6 is 11.6 Å². The van der Waals surface area contributed by atoms with Crippen LogP contribution in [0.2, 0.25) is 0 Å². The van der Waals surface area contributed by atoms with Gasteiger partial charge in [-0.25, -0.2) is 8.42 Å². The smallest absolute Gasteiger partial charge is 0.156 e. The highest BCUT2D eigenvalue weighted by Crippen LogP contribution is 2.14. The minimum absolute atomic E-state index is 0.180.